The lowest BCUT2D eigenvalue weighted by molar-refractivity contribution is 0.0984. The summed E-state index contributed by atoms with van der Waals surface area (Å²) in [6.45, 7) is 0.483. The number of amides is 1. The highest BCUT2D eigenvalue weighted by atomic mass is 19.1. The first-order chi connectivity index (χ1) is 12.2. The van der Waals surface area contributed by atoms with Crippen LogP contribution in [0, 0.1) is 5.82 Å². The highest BCUT2D eigenvalue weighted by Crippen LogP contribution is 2.36. The van der Waals surface area contributed by atoms with Crippen molar-refractivity contribution in [2.75, 3.05) is 16.8 Å². The van der Waals surface area contributed by atoms with Gasteiger partial charge in [-0.3, -0.25) is 4.79 Å². The number of benzene rings is 3. The van der Waals surface area contributed by atoms with Crippen LogP contribution in [-0.4, -0.2) is 12.5 Å². The zero-order chi connectivity index (χ0) is 17.2. The molecule has 3 nitrogen and oxygen atoms in total. The Morgan fingerprint density at radius 1 is 0.960 bits per heavy atom. The standard InChI is InChI=1S/C21H17FN2O/c22-17-10-6-9-16(13-17)21(25)24-14-19(15-7-2-1-3-8-15)23-18-11-4-5-12-20(18)24/h1-13,19,23H,14H2. The van der Waals surface area contributed by atoms with Gasteiger partial charge in [0.25, 0.3) is 5.91 Å². The number of para-hydroxylation sites is 2. The molecule has 1 heterocycles. The van der Waals surface area contributed by atoms with Gasteiger partial charge in [0.15, 0.2) is 0 Å². The first-order valence-electron chi connectivity index (χ1n) is 8.20. The van der Waals surface area contributed by atoms with Crippen LogP contribution in [0.3, 0.4) is 0 Å². The van der Waals surface area contributed by atoms with Crippen molar-refractivity contribution in [3.8, 4) is 0 Å². The van der Waals surface area contributed by atoms with Crippen LogP contribution < -0.4 is 10.2 Å². The first-order valence-corrected chi connectivity index (χ1v) is 8.20. The van der Waals surface area contributed by atoms with E-state index in [1.807, 2.05) is 54.6 Å². The second-order valence-electron chi connectivity index (χ2n) is 6.05. The van der Waals surface area contributed by atoms with E-state index in [2.05, 4.69) is 5.32 Å². The summed E-state index contributed by atoms with van der Waals surface area (Å²) in [5.74, 6) is -0.608. The summed E-state index contributed by atoms with van der Waals surface area (Å²) >= 11 is 0. The first kappa shape index (κ1) is 15.4. The van der Waals surface area contributed by atoms with Crippen LogP contribution in [0.2, 0.25) is 0 Å². The summed E-state index contributed by atoms with van der Waals surface area (Å²) in [5, 5.41) is 3.49. The van der Waals surface area contributed by atoms with Gasteiger partial charge in [-0.25, -0.2) is 4.39 Å². The molecule has 0 fully saturated rings. The number of carbonyl (C=O) groups is 1. The minimum atomic E-state index is -0.408. The summed E-state index contributed by atoms with van der Waals surface area (Å²) in [5.41, 5.74) is 3.16. The van der Waals surface area contributed by atoms with Gasteiger partial charge in [0, 0.05) is 5.56 Å². The fourth-order valence-corrected chi connectivity index (χ4v) is 3.19. The Balaban J connectivity index is 1.74. The Bertz CT molecular complexity index is 911. The third-order valence-corrected chi connectivity index (χ3v) is 4.41. The van der Waals surface area contributed by atoms with Crippen molar-refractivity contribution in [2.45, 2.75) is 6.04 Å². The van der Waals surface area contributed by atoms with Gasteiger partial charge in [-0.2, -0.15) is 0 Å². The molecule has 3 aromatic carbocycles. The lowest BCUT2D eigenvalue weighted by Crippen LogP contribution is -2.40. The van der Waals surface area contributed by atoms with Crippen molar-refractivity contribution < 1.29 is 9.18 Å². The summed E-state index contributed by atoms with van der Waals surface area (Å²) in [7, 11) is 0. The van der Waals surface area contributed by atoms with Gasteiger partial charge in [-0.1, -0.05) is 48.5 Å². The minimum Gasteiger partial charge on any atom is -0.375 e. The van der Waals surface area contributed by atoms with Crippen molar-refractivity contribution in [2.24, 2.45) is 0 Å². The number of halogens is 1. The number of hydrogen-bond acceptors (Lipinski definition) is 2. The van der Waals surface area contributed by atoms with E-state index >= 15 is 0 Å². The topological polar surface area (TPSA) is 32.3 Å². The predicted molar refractivity (Wildman–Crippen MR) is 97.3 cm³/mol. The fourth-order valence-electron chi connectivity index (χ4n) is 3.19. The van der Waals surface area contributed by atoms with Crippen LogP contribution in [0.25, 0.3) is 0 Å². The van der Waals surface area contributed by atoms with Crippen molar-refractivity contribution in [1.82, 2.24) is 0 Å². The molecule has 0 aromatic heterocycles. The van der Waals surface area contributed by atoms with E-state index in [-0.39, 0.29) is 11.9 Å². The molecule has 0 saturated heterocycles. The van der Waals surface area contributed by atoms with Crippen LogP contribution in [0.15, 0.2) is 78.9 Å². The van der Waals surface area contributed by atoms with E-state index in [1.54, 1.807) is 17.0 Å². The largest absolute Gasteiger partial charge is 0.375 e. The Hall–Kier alpha value is -3.14. The molecule has 3 aromatic rings. The number of carbonyl (C=O) groups excluding carboxylic acids is 1. The molecule has 1 aliphatic rings. The molecule has 124 valence electrons. The molecule has 1 aliphatic heterocycles. The van der Waals surface area contributed by atoms with E-state index < -0.39 is 5.82 Å². The summed E-state index contributed by atoms with van der Waals surface area (Å²) in [6, 6.07) is 23.5. The molecule has 4 heteroatoms. The van der Waals surface area contributed by atoms with E-state index in [0.29, 0.717) is 12.1 Å². The Morgan fingerprint density at radius 2 is 1.72 bits per heavy atom. The van der Waals surface area contributed by atoms with Gasteiger partial charge in [-0.15, -0.1) is 0 Å². The summed E-state index contributed by atoms with van der Waals surface area (Å²) < 4.78 is 13.5. The van der Waals surface area contributed by atoms with E-state index in [4.69, 9.17) is 0 Å². The normalized spacial score (nSPS) is 16.0. The molecule has 25 heavy (non-hydrogen) atoms. The second-order valence-corrected chi connectivity index (χ2v) is 6.05. The number of nitrogens with zero attached hydrogens (tertiary/aromatic N) is 1. The lowest BCUT2D eigenvalue weighted by atomic mass is 10.0. The van der Waals surface area contributed by atoms with Gasteiger partial charge in [0.05, 0.1) is 24.0 Å². The minimum absolute atomic E-state index is 0.0198. The molecule has 4 rings (SSSR count). The highest BCUT2D eigenvalue weighted by Gasteiger charge is 2.29. The van der Waals surface area contributed by atoms with Crippen molar-refractivity contribution in [3.63, 3.8) is 0 Å². The SMILES string of the molecule is O=C(c1cccc(F)c1)N1CC(c2ccccc2)Nc2ccccc21. The monoisotopic (exact) mass is 332 g/mol. The molecule has 0 saturated carbocycles. The molecular weight excluding hydrogens is 315 g/mol. The van der Waals surface area contributed by atoms with Gasteiger partial charge in [-0.05, 0) is 35.9 Å². The third-order valence-electron chi connectivity index (χ3n) is 4.41. The maximum Gasteiger partial charge on any atom is 0.258 e. The zero-order valence-corrected chi connectivity index (χ0v) is 13.5. The Labute approximate surface area is 145 Å². The Morgan fingerprint density at radius 3 is 2.52 bits per heavy atom. The average Bonchev–Trinajstić information content (AvgIpc) is 2.67. The molecule has 1 amide bonds. The van der Waals surface area contributed by atoms with E-state index in [1.165, 1.54) is 12.1 Å². The van der Waals surface area contributed by atoms with Crippen molar-refractivity contribution in [1.29, 1.82) is 0 Å². The second kappa shape index (κ2) is 6.40. The smallest absolute Gasteiger partial charge is 0.258 e. The Kier molecular flexibility index (Phi) is 3.94. The van der Waals surface area contributed by atoms with Crippen LogP contribution in [0.1, 0.15) is 22.0 Å². The molecule has 1 unspecified atom stereocenters. The number of hydrogen-bond donors (Lipinski definition) is 1. The molecular formula is C21H17FN2O. The highest BCUT2D eigenvalue weighted by molar-refractivity contribution is 6.08. The van der Waals surface area contributed by atoms with E-state index in [9.17, 15) is 9.18 Å². The van der Waals surface area contributed by atoms with Gasteiger partial charge in [0.1, 0.15) is 5.82 Å². The fraction of sp³-hybridized carbons (Fsp3) is 0.0952. The molecule has 1 atom stereocenters. The van der Waals surface area contributed by atoms with Crippen LogP contribution in [-0.2, 0) is 0 Å². The average molecular weight is 332 g/mol. The van der Waals surface area contributed by atoms with Crippen LogP contribution in [0.5, 0.6) is 0 Å². The van der Waals surface area contributed by atoms with Crippen molar-refractivity contribution >= 4 is 17.3 Å². The number of rotatable bonds is 2. The molecule has 0 radical (unpaired) electrons. The van der Waals surface area contributed by atoms with Crippen LogP contribution >= 0.6 is 0 Å². The van der Waals surface area contributed by atoms with Crippen LogP contribution in [0.4, 0.5) is 15.8 Å². The molecule has 0 bridgehead atoms. The van der Waals surface area contributed by atoms with Gasteiger partial charge in [0.2, 0.25) is 0 Å². The van der Waals surface area contributed by atoms with Gasteiger partial charge >= 0.3 is 0 Å². The predicted octanol–water partition coefficient (Wildman–Crippen LogP) is 4.64. The molecule has 1 N–H and O–H groups in total. The van der Waals surface area contributed by atoms with Gasteiger partial charge < -0.3 is 10.2 Å². The number of nitrogens with one attached hydrogen (secondary N) is 1. The summed E-state index contributed by atoms with van der Waals surface area (Å²) in [4.78, 5) is 14.7. The van der Waals surface area contributed by atoms with Crippen molar-refractivity contribution in [3.05, 3.63) is 95.8 Å². The quantitative estimate of drug-likeness (QED) is 0.741. The maximum absolute atomic E-state index is 13.5. The number of fused-ring (bicyclic) bond motifs is 1. The number of anilines is 2. The zero-order valence-electron chi connectivity index (χ0n) is 13.5. The third kappa shape index (κ3) is 2.98. The molecule has 0 spiro atoms. The van der Waals surface area contributed by atoms with E-state index in [0.717, 1.165) is 16.9 Å². The summed E-state index contributed by atoms with van der Waals surface area (Å²) in [6.07, 6.45) is 0. The molecule has 0 aliphatic carbocycles. The maximum atomic E-state index is 13.5. The lowest BCUT2D eigenvalue weighted by Gasteiger charge is -2.36.